The summed E-state index contributed by atoms with van der Waals surface area (Å²) in [4.78, 5) is -0.0909. The van der Waals surface area contributed by atoms with Crippen molar-refractivity contribution in [2.45, 2.75) is 18.2 Å². The Morgan fingerprint density at radius 2 is 1.84 bits per heavy atom. The number of aryl methyl sites for hydroxylation is 1. The van der Waals surface area contributed by atoms with E-state index in [-0.39, 0.29) is 29.4 Å². The molecule has 0 atom stereocenters. The summed E-state index contributed by atoms with van der Waals surface area (Å²) >= 11 is 0. The Kier molecular flexibility index (Phi) is 4.94. The lowest BCUT2D eigenvalue weighted by Crippen LogP contribution is -2.15. The van der Waals surface area contributed by atoms with E-state index in [1.165, 1.54) is 12.1 Å². The summed E-state index contributed by atoms with van der Waals surface area (Å²) in [5, 5.41) is 5.10. The monoisotopic (exact) mass is 307 g/mol. The van der Waals surface area contributed by atoms with Gasteiger partial charge in [-0.3, -0.25) is 0 Å². The second kappa shape index (κ2) is 5.89. The van der Waals surface area contributed by atoms with Crippen molar-refractivity contribution in [1.82, 2.24) is 0 Å². The molecule has 0 aliphatic rings. The maximum absolute atomic E-state index is 11.4. The van der Waals surface area contributed by atoms with E-state index in [0.717, 1.165) is 11.8 Å². The number of sulfone groups is 1. The van der Waals surface area contributed by atoms with Gasteiger partial charge in [0.15, 0.2) is 0 Å². The lowest BCUT2D eigenvalue weighted by molar-refractivity contribution is 0.309. The molecular weight excluding hydrogens is 290 g/mol. The lowest BCUT2D eigenvalue weighted by Gasteiger charge is -2.10. The summed E-state index contributed by atoms with van der Waals surface area (Å²) in [6.45, 7) is 1.85. The highest BCUT2D eigenvalue weighted by Crippen LogP contribution is 2.23. The van der Waals surface area contributed by atoms with Gasteiger partial charge in [-0.05, 0) is 31.0 Å². The van der Waals surface area contributed by atoms with Gasteiger partial charge in [0, 0.05) is 6.26 Å². The van der Waals surface area contributed by atoms with Crippen molar-refractivity contribution in [3.05, 3.63) is 23.8 Å². The van der Waals surface area contributed by atoms with Crippen LogP contribution < -0.4 is 9.88 Å². The molecule has 0 spiro atoms. The molecule has 1 rings (SSSR count). The molecule has 1 aromatic carbocycles. The van der Waals surface area contributed by atoms with Crippen LogP contribution in [0.4, 0.5) is 0 Å². The molecule has 0 bridgehead atoms. The fraction of sp³-hybridized carbons (Fsp3) is 0.455. The van der Waals surface area contributed by atoms with Crippen molar-refractivity contribution in [2.75, 3.05) is 18.6 Å². The summed E-state index contributed by atoms with van der Waals surface area (Å²) in [5.41, 5.74) is 0.743. The molecule has 0 amide bonds. The van der Waals surface area contributed by atoms with Crippen molar-refractivity contribution in [3.63, 3.8) is 0 Å². The van der Waals surface area contributed by atoms with Crippen LogP contribution in [0.15, 0.2) is 23.1 Å². The topological polar surface area (TPSA) is 104 Å². The van der Waals surface area contributed by atoms with Crippen LogP contribution >= 0.6 is 0 Å². The summed E-state index contributed by atoms with van der Waals surface area (Å²) in [7, 11) is -6.91. The third-order valence-corrected chi connectivity index (χ3v) is 4.29. The van der Waals surface area contributed by atoms with Gasteiger partial charge in [0.05, 0.1) is 12.4 Å². The molecule has 2 N–H and O–H groups in total. The smallest absolute Gasteiger partial charge is 0.241 e. The standard InChI is InChI=1S/C11H17NO5S2/c1-9-4-5-10(11(8-9)19(12,15)16)17-6-3-7-18(2,13)14/h4-5,8H,3,6-7H2,1-2H3,(H2,12,15,16). The van der Waals surface area contributed by atoms with Crippen molar-refractivity contribution in [1.29, 1.82) is 0 Å². The third kappa shape index (κ3) is 5.58. The summed E-state index contributed by atoms with van der Waals surface area (Å²) in [6, 6.07) is 4.62. The Morgan fingerprint density at radius 3 is 2.37 bits per heavy atom. The molecule has 0 heterocycles. The van der Waals surface area contributed by atoms with E-state index in [1.807, 2.05) is 0 Å². The van der Waals surface area contributed by atoms with E-state index >= 15 is 0 Å². The van der Waals surface area contributed by atoms with E-state index in [1.54, 1.807) is 13.0 Å². The Balaban J connectivity index is 2.79. The molecule has 0 aliphatic heterocycles. The fourth-order valence-electron chi connectivity index (χ4n) is 1.46. The van der Waals surface area contributed by atoms with Crippen LogP contribution in [0.25, 0.3) is 0 Å². The molecular formula is C11H17NO5S2. The Hall–Kier alpha value is -1.12. The number of nitrogens with two attached hydrogens (primary N) is 1. The molecule has 6 nitrogen and oxygen atoms in total. The van der Waals surface area contributed by atoms with Crippen LogP contribution in [0.5, 0.6) is 5.75 Å². The van der Waals surface area contributed by atoms with Gasteiger partial charge in [-0.25, -0.2) is 22.0 Å². The normalized spacial score (nSPS) is 12.4. The first-order valence-corrected chi connectivity index (χ1v) is 9.14. The van der Waals surface area contributed by atoms with E-state index in [2.05, 4.69) is 0 Å². The van der Waals surface area contributed by atoms with Gasteiger partial charge in [-0.2, -0.15) is 0 Å². The van der Waals surface area contributed by atoms with Crippen LogP contribution in [0, 0.1) is 6.92 Å². The van der Waals surface area contributed by atoms with Crippen LogP contribution in [0.2, 0.25) is 0 Å². The van der Waals surface area contributed by atoms with Crippen LogP contribution in [0.1, 0.15) is 12.0 Å². The van der Waals surface area contributed by atoms with Crippen molar-refractivity contribution >= 4 is 19.9 Å². The zero-order chi connectivity index (χ0) is 14.7. The molecule has 0 saturated carbocycles. The molecule has 0 saturated heterocycles. The first kappa shape index (κ1) is 15.9. The summed E-state index contributed by atoms with van der Waals surface area (Å²) in [5.74, 6) is 0.130. The van der Waals surface area contributed by atoms with Crippen LogP contribution in [-0.4, -0.2) is 35.5 Å². The van der Waals surface area contributed by atoms with Crippen LogP contribution in [0.3, 0.4) is 0 Å². The molecule has 8 heteroatoms. The Labute approximate surface area is 113 Å². The Morgan fingerprint density at radius 1 is 1.21 bits per heavy atom. The maximum Gasteiger partial charge on any atom is 0.241 e. The highest BCUT2D eigenvalue weighted by Gasteiger charge is 2.15. The first-order valence-electron chi connectivity index (χ1n) is 5.53. The van der Waals surface area contributed by atoms with Crippen LogP contribution in [-0.2, 0) is 19.9 Å². The largest absolute Gasteiger partial charge is 0.492 e. The predicted molar refractivity (Wildman–Crippen MR) is 72.4 cm³/mol. The number of sulfonamides is 1. The molecule has 1 aromatic rings. The summed E-state index contributed by atoms with van der Waals surface area (Å²) < 4.78 is 50.0. The molecule has 0 fully saturated rings. The van der Waals surface area contributed by atoms with Crippen molar-refractivity contribution < 1.29 is 21.6 Å². The molecule has 0 aliphatic carbocycles. The zero-order valence-electron chi connectivity index (χ0n) is 10.8. The number of hydrogen-bond donors (Lipinski definition) is 1. The molecule has 0 radical (unpaired) electrons. The molecule has 108 valence electrons. The summed E-state index contributed by atoms with van der Waals surface area (Å²) in [6.07, 6.45) is 1.42. The predicted octanol–water partition coefficient (Wildman–Crippen LogP) is 0.456. The number of benzene rings is 1. The zero-order valence-corrected chi connectivity index (χ0v) is 12.4. The van der Waals surface area contributed by atoms with Gasteiger partial charge in [0.25, 0.3) is 0 Å². The van der Waals surface area contributed by atoms with E-state index in [0.29, 0.717) is 0 Å². The van der Waals surface area contributed by atoms with E-state index < -0.39 is 19.9 Å². The molecule has 0 aromatic heterocycles. The lowest BCUT2D eigenvalue weighted by atomic mass is 10.2. The maximum atomic E-state index is 11.4. The average molecular weight is 307 g/mol. The van der Waals surface area contributed by atoms with E-state index in [9.17, 15) is 16.8 Å². The van der Waals surface area contributed by atoms with Crippen molar-refractivity contribution in [2.24, 2.45) is 5.14 Å². The number of primary sulfonamides is 1. The second-order valence-corrected chi connectivity index (χ2v) is 8.12. The molecule has 19 heavy (non-hydrogen) atoms. The molecule has 0 unspecified atom stereocenters. The SMILES string of the molecule is Cc1ccc(OCCCS(C)(=O)=O)c(S(N)(=O)=O)c1. The van der Waals surface area contributed by atoms with Crippen molar-refractivity contribution in [3.8, 4) is 5.75 Å². The fourth-order valence-corrected chi connectivity index (χ4v) is 2.86. The second-order valence-electron chi connectivity index (χ2n) is 4.33. The third-order valence-electron chi connectivity index (χ3n) is 2.32. The first-order chi connectivity index (χ1) is 8.59. The highest BCUT2D eigenvalue weighted by molar-refractivity contribution is 7.90. The average Bonchev–Trinajstić information content (AvgIpc) is 2.23. The van der Waals surface area contributed by atoms with Gasteiger partial charge < -0.3 is 4.74 Å². The van der Waals surface area contributed by atoms with Gasteiger partial charge >= 0.3 is 0 Å². The Bertz CT molecular complexity index is 650. The van der Waals surface area contributed by atoms with Gasteiger partial charge in [0.1, 0.15) is 20.5 Å². The number of hydrogen-bond acceptors (Lipinski definition) is 5. The quantitative estimate of drug-likeness (QED) is 0.769. The minimum atomic E-state index is -3.86. The number of rotatable bonds is 6. The minimum absolute atomic E-state index is 0.0103. The van der Waals surface area contributed by atoms with Gasteiger partial charge in [0.2, 0.25) is 10.0 Å². The number of ether oxygens (including phenoxy) is 1. The minimum Gasteiger partial charge on any atom is -0.492 e. The van der Waals surface area contributed by atoms with Gasteiger partial charge in [-0.15, -0.1) is 0 Å². The van der Waals surface area contributed by atoms with Gasteiger partial charge in [-0.1, -0.05) is 6.07 Å². The highest BCUT2D eigenvalue weighted by atomic mass is 32.2. The van der Waals surface area contributed by atoms with E-state index in [4.69, 9.17) is 9.88 Å².